The lowest BCUT2D eigenvalue weighted by atomic mass is 10.5. The smallest absolute Gasteiger partial charge is 0.254 e. The fraction of sp³-hybridized carbons (Fsp3) is 1.00. The zero-order valence-corrected chi connectivity index (χ0v) is 5.60. The van der Waals surface area contributed by atoms with Gasteiger partial charge in [-0.15, -0.1) is 0 Å². The van der Waals surface area contributed by atoms with Gasteiger partial charge in [-0.2, -0.15) is 0 Å². The molecule has 0 aliphatic heterocycles. The molecule has 0 atom stereocenters. The van der Waals surface area contributed by atoms with E-state index in [1.807, 2.05) is 0 Å². The maximum atomic E-state index is 8.59. The van der Waals surface area contributed by atoms with Crippen molar-refractivity contribution in [1.29, 1.82) is 0 Å². The van der Waals surface area contributed by atoms with Crippen molar-refractivity contribution in [2.24, 2.45) is 5.73 Å². The number of hydrogen-bond acceptors (Lipinski definition) is 3. The van der Waals surface area contributed by atoms with Gasteiger partial charge in [0.15, 0.2) is 0 Å². The Bertz CT molecular complexity index is 80.5. The SMILES string of the molecule is CCCN.O=[SH](=O)O. The van der Waals surface area contributed by atoms with Crippen LogP contribution in [0.5, 0.6) is 0 Å². The number of nitrogens with two attached hydrogens (primary N) is 1. The molecule has 0 rings (SSSR count). The standard InChI is InChI=1S/C3H9N.H2O3S/c1-2-3-4;1-4(2)3/h2-4H2,1H3;4H,(H,1,2,3). The average Bonchev–Trinajstić information content (AvgIpc) is 1.65. The molecule has 0 aromatic rings. The monoisotopic (exact) mass is 141 g/mol. The van der Waals surface area contributed by atoms with Crippen LogP contribution >= 0.6 is 0 Å². The maximum absolute atomic E-state index is 8.59. The van der Waals surface area contributed by atoms with Crippen molar-refractivity contribution >= 4 is 11.0 Å². The van der Waals surface area contributed by atoms with Gasteiger partial charge in [-0.05, 0) is 13.0 Å². The van der Waals surface area contributed by atoms with Crippen LogP contribution in [-0.4, -0.2) is 19.5 Å². The van der Waals surface area contributed by atoms with Gasteiger partial charge in [0.05, 0.1) is 0 Å². The van der Waals surface area contributed by atoms with Crippen molar-refractivity contribution in [3.8, 4) is 0 Å². The van der Waals surface area contributed by atoms with Crippen LogP contribution in [0.1, 0.15) is 13.3 Å². The highest BCUT2D eigenvalue weighted by molar-refractivity contribution is 7.66. The Morgan fingerprint density at radius 1 is 1.62 bits per heavy atom. The first-order valence-electron chi connectivity index (χ1n) is 2.18. The molecule has 0 heterocycles. The fourth-order valence-electron chi connectivity index (χ4n) is 0. The summed E-state index contributed by atoms with van der Waals surface area (Å²) in [7, 11) is -3.12. The Morgan fingerprint density at radius 2 is 1.75 bits per heavy atom. The first-order chi connectivity index (χ1) is 3.65. The summed E-state index contributed by atoms with van der Waals surface area (Å²) in [5, 5.41) is 0. The van der Waals surface area contributed by atoms with E-state index in [-0.39, 0.29) is 0 Å². The van der Waals surface area contributed by atoms with Gasteiger partial charge in [-0.1, -0.05) is 6.92 Å². The average molecular weight is 141 g/mol. The van der Waals surface area contributed by atoms with Crippen LogP contribution in [0.2, 0.25) is 0 Å². The van der Waals surface area contributed by atoms with Crippen LogP contribution in [0.4, 0.5) is 0 Å². The largest absolute Gasteiger partial charge is 0.330 e. The molecule has 0 bridgehead atoms. The lowest BCUT2D eigenvalue weighted by molar-refractivity contribution is 0.509. The summed E-state index contributed by atoms with van der Waals surface area (Å²) < 4.78 is 24.2. The quantitative estimate of drug-likeness (QED) is 0.337. The van der Waals surface area contributed by atoms with E-state index >= 15 is 0 Å². The molecule has 0 aromatic carbocycles. The highest BCUT2D eigenvalue weighted by Crippen LogP contribution is 1.57. The molecule has 0 spiro atoms. The molecule has 0 aliphatic rings. The van der Waals surface area contributed by atoms with Crippen LogP contribution in [0, 0.1) is 0 Å². The topological polar surface area (TPSA) is 80.4 Å². The zero-order chi connectivity index (χ0) is 6.99. The fourth-order valence-corrected chi connectivity index (χ4v) is 0. The molecule has 0 unspecified atom stereocenters. The van der Waals surface area contributed by atoms with E-state index in [1.165, 1.54) is 0 Å². The third-order valence-corrected chi connectivity index (χ3v) is 0.289. The molecule has 0 saturated carbocycles. The normalized spacial score (nSPS) is 8.00. The predicted molar refractivity (Wildman–Crippen MR) is 32.3 cm³/mol. The van der Waals surface area contributed by atoms with Crippen molar-refractivity contribution in [2.45, 2.75) is 13.3 Å². The van der Waals surface area contributed by atoms with Gasteiger partial charge in [-0.25, -0.2) is 8.42 Å². The Morgan fingerprint density at radius 3 is 1.75 bits per heavy atom. The maximum Gasteiger partial charge on any atom is 0.254 e. The molecule has 5 heteroatoms. The van der Waals surface area contributed by atoms with E-state index in [0.717, 1.165) is 13.0 Å². The van der Waals surface area contributed by atoms with Crippen LogP contribution in [0.15, 0.2) is 0 Å². The van der Waals surface area contributed by atoms with E-state index in [4.69, 9.17) is 18.7 Å². The van der Waals surface area contributed by atoms with Crippen LogP contribution in [-0.2, 0) is 11.0 Å². The molecule has 0 aromatic heterocycles. The van der Waals surface area contributed by atoms with E-state index < -0.39 is 11.0 Å². The van der Waals surface area contributed by atoms with E-state index in [9.17, 15) is 0 Å². The van der Waals surface area contributed by atoms with Crippen LogP contribution in [0.25, 0.3) is 0 Å². The molecule has 0 fully saturated rings. The van der Waals surface area contributed by atoms with Crippen molar-refractivity contribution in [1.82, 2.24) is 0 Å². The molecule has 4 nitrogen and oxygen atoms in total. The predicted octanol–water partition coefficient (Wildman–Crippen LogP) is -0.574. The highest BCUT2D eigenvalue weighted by atomic mass is 32.2. The number of hydrogen-bond donors (Lipinski definition) is 3. The third kappa shape index (κ3) is 184. The van der Waals surface area contributed by atoms with Gasteiger partial charge in [0.2, 0.25) is 0 Å². The first kappa shape index (κ1) is 10.8. The summed E-state index contributed by atoms with van der Waals surface area (Å²) in [5.41, 5.74) is 5.03. The summed E-state index contributed by atoms with van der Waals surface area (Å²) in [6.45, 7) is 2.88. The van der Waals surface area contributed by atoms with Gasteiger partial charge in [0.25, 0.3) is 11.0 Å². The first-order valence-corrected chi connectivity index (χ1v) is 3.31. The number of rotatable bonds is 1. The lowest BCUT2D eigenvalue weighted by Crippen LogP contribution is -1.93. The second-order valence-electron chi connectivity index (χ2n) is 1.03. The summed E-state index contributed by atoms with van der Waals surface area (Å²) in [6.07, 6.45) is 1.10. The minimum Gasteiger partial charge on any atom is -0.330 e. The van der Waals surface area contributed by atoms with Crippen molar-refractivity contribution < 1.29 is 13.0 Å². The molecule has 8 heavy (non-hydrogen) atoms. The van der Waals surface area contributed by atoms with Crippen molar-refractivity contribution in [3.63, 3.8) is 0 Å². The Hall–Kier alpha value is -0.130. The van der Waals surface area contributed by atoms with E-state index in [0.29, 0.717) is 0 Å². The van der Waals surface area contributed by atoms with E-state index in [2.05, 4.69) is 6.92 Å². The van der Waals surface area contributed by atoms with Gasteiger partial charge in [0, 0.05) is 0 Å². The Kier molecular flexibility index (Phi) is 13.4. The van der Waals surface area contributed by atoms with Crippen LogP contribution < -0.4 is 5.73 Å². The highest BCUT2D eigenvalue weighted by Gasteiger charge is 1.55. The second kappa shape index (κ2) is 9.98. The molecule has 52 valence electrons. The summed E-state index contributed by atoms with van der Waals surface area (Å²) >= 11 is 0. The van der Waals surface area contributed by atoms with Gasteiger partial charge >= 0.3 is 0 Å². The molecule has 0 radical (unpaired) electrons. The summed E-state index contributed by atoms with van der Waals surface area (Å²) in [6, 6.07) is 0. The van der Waals surface area contributed by atoms with E-state index in [1.54, 1.807) is 0 Å². The zero-order valence-electron chi connectivity index (χ0n) is 4.70. The summed E-state index contributed by atoms with van der Waals surface area (Å²) in [4.78, 5) is 0. The molecule has 3 N–H and O–H groups in total. The Balaban J connectivity index is 0. The van der Waals surface area contributed by atoms with Crippen LogP contribution in [0.3, 0.4) is 0 Å². The second-order valence-corrected chi connectivity index (χ2v) is 1.50. The van der Waals surface area contributed by atoms with Gasteiger partial charge < -0.3 is 5.73 Å². The Labute approximate surface area is 50.5 Å². The van der Waals surface area contributed by atoms with Gasteiger partial charge in [-0.3, -0.25) is 4.55 Å². The molecular formula is C3H11NO3S. The molecular weight excluding hydrogens is 130 g/mol. The molecule has 0 aliphatic carbocycles. The minimum absolute atomic E-state index is 0.819. The molecule has 0 amide bonds. The minimum atomic E-state index is -3.12. The lowest BCUT2D eigenvalue weighted by Gasteiger charge is -1.70. The van der Waals surface area contributed by atoms with Crippen molar-refractivity contribution in [3.05, 3.63) is 0 Å². The molecule has 0 saturated heterocycles. The summed E-state index contributed by atoms with van der Waals surface area (Å²) in [5.74, 6) is 0. The number of thiol groups is 1. The van der Waals surface area contributed by atoms with Gasteiger partial charge in [0.1, 0.15) is 0 Å². The van der Waals surface area contributed by atoms with Crippen molar-refractivity contribution in [2.75, 3.05) is 6.54 Å². The third-order valence-electron chi connectivity index (χ3n) is 0.289.